The zero-order valence-corrected chi connectivity index (χ0v) is 16.3. The van der Waals surface area contributed by atoms with Crippen molar-refractivity contribution in [2.75, 3.05) is 13.1 Å². The van der Waals surface area contributed by atoms with Gasteiger partial charge in [0.25, 0.3) is 0 Å². The number of nitrogens with one attached hydrogen (secondary N) is 1. The lowest BCUT2D eigenvalue weighted by atomic mass is 9.42. The van der Waals surface area contributed by atoms with Gasteiger partial charge in [-0.05, 0) is 86.6 Å². The van der Waals surface area contributed by atoms with Crippen molar-refractivity contribution in [3.8, 4) is 0 Å². The SMILES string of the molecule is O=C(CC[C@@H]1CCNC[C@H]1O)C12CC3CC(C1)CC(c1ccccc1)(C3)C2. The van der Waals surface area contributed by atoms with Crippen LogP contribution >= 0.6 is 0 Å². The van der Waals surface area contributed by atoms with Crippen LogP contribution in [0.1, 0.15) is 63.4 Å². The molecule has 27 heavy (non-hydrogen) atoms. The average molecular weight is 368 g/mol. The first-order valence-corrected chi connectivity index (χ1v) is 11.1. The largest absolute Gasteiger partial charge is 0.392 e. The Labute approximate surface area is 162 Å². The third kappa shape index (κ3) is 3.07. The Morgan fingerprint density at radius 2 is 1.85 bits per heavy atom. The smallest absolute Gasteiger partial charge is 0.139 e. The molecule has 4 saturated carbocycles. The summed E-state index contributed by atoms with van der Waals surface area (Å²) in [6, 6.07) is 11.0. The summed E-state index contributed by atoms with van der Waals surface area (Å²) in [6.07, 6.45) is 9.52. The molecule has 1 aliphatic heterocycles. The third-order valence-electron chi connectivity index (χ3n) is 8.37. The highest BCUT2D eigenvalue weighted by Gasteiger charge is 2.60. The van der Waals surface area contributed by atoms with Crippen molar-refractivity contribution in [1.82, 2.24) is 5.32 Å². The first kappa shape index (κ1) is 17.9. The predicted octanol–water partition coefficient (Wildman–Crippen LogP) is 3.84. The van der Waals surface area contributed by atoms with E-state index in [0.717, 1.165) is 50.5 Å². The minimum absolute atomic E-state index is 0.0716. The first-order valence-electron chi connectivity index (χ1n) is 11.1. The molecule has 2 unspecified atom stereocenters. The highest BCUT2D eigenvalue weighted by atomic mass is 16.3. The van der Waals surface area contributed by atoms with Gasteiger partial charge in [-0.3, -0.25) is 4.79 Å². The number of rotatable bonds is 5. The highest BCUT2D eigenvalue weighted by molar-refractivity contribution is 5.85. The minimum atomic E-state index is -0.279. The van der Waals surface area contributed by atoms with Crippen LogP contribution in [-0.2, 0) is 10.2 Å². The van der Waals surface area contributed by atoms with E-state index in [2.05, 4.69) is 35.6 Å². The second-order valence-corrected chi connectivity index (χ2v) is 10.2. The number of Topliss-reactive ketones (excluding diaryl/α,β-unsaturated/α-hetero) is 1. The molecule has 4 aliphatic carbocycles. The van der Waals surface area contributed by atoms with Crippen LogP contribution in [0.15, 0.2) is 30.3 Å². The van der Waals surface area contributed by atoms with Crippen molar-refractivity contribution < 1.29 is 9.90 Å². The Kier molecular flexibility index (Phi) is 4.44. The summed E-state index contributed by atoms with van der Waals surface area (Å²) in [7, 11) is 0. The second kappa shape index (κ2) is 6.70. The fourth-order valence-electron chi connectivity index (χ4n) is 7.53. The Morgan fingerprint density at radius 3 is 2.56 bits per heavy atom. The van der Waals surface area contributed by atoms with Gasteiger partial charge in [-0.2, -0.15) is 0 Å². The second-order valence-electron chi connectivity index (χ2n) is 10.2. The van der Waals surface area contributed by atoms with Gasteiger partial charge in [0.05, 0.1) is 6.10 Å². The number of carbonyl (C=O) groups excluding carboxylic acids is 1. The molecule has 3 nitrogen and oxygen atoms in total. The Balaban J connectivity index is 1.35. The van der Waals surface area contributed by atoms with Crippen LogP contribution in [-0.4, -0.2) is 30.1 Å². The summed E-state index contributed by atoms with van der Waals surface area (Å²) in [6.45, 7) is 1.66. The summed E-state index contributed by atoms with van der Waals surface area (Å²) in [5, 5.41) is 13.5. The average Bonchev–Trinajstić information content (AvgIpc) is 2.67. The first-order chi connectivity index (χ1) is 13.1. The summed E-state index contributed by atoms with van der Waals surface area (Å²) in [5.41, 5.74) is 1.65. The molecule has 6 rings (SSSR count). The van der Waals surface area contributed by atoms with E-state index in [9.17, 15) is 9.90 Å². The number of benzene rings is 1. The molecule has 5 aliphatic rings. The lowest BCUT2D eigenvalue weighted by Gasteiger charge is -2.62. The molecule has 0 spiro atoms. The fraction of sp³-hybridized carbons (Fsp3) is 0.708. The van der Waals surface area contributed by atoms with Crippen molar-refractivity contribution in [1.29, 1.82) is 0 Å². The molecule has 1 heterocycles. The van der Waals surface area contributed by atoms with Gasteiger partial charge in [0, 0.05) is 18.4 Å². The molecule has 1 saturated heterocycles. The van der Waals surface area contributed by atoms with E-state index in [4.69, 9.17) is 0 Å². The van der Waals surface area contributed by atoms with Crippen molar-refractivity contribution in [2.24, 2.45) is 23.2 Å². The molecule has 0 aromatic heterocycles. The van der Waals surface area contributed by atoms with E-state index in [-0.39, 0.29) is 16.9 Å². The normalized spacial score (nSPS) is 43.0. The third-order valence-corrected chi connectivity index (χ3v) is 8.37. The molecule has 4 bridgehead atoms. The highest BCUT2D eigenvalue weighted by Crippen LogP contribution is 2.66. The van der Waals surface area contributed by atoms with Gasteiger partial charge in [0.15, 0.2) is 0 Å². The zero-order chi connectivity index (χ0) is 18.5. The number of β-amino-alcohol motifs (C(OH)–C–C–N with tert-alkyl or cyclic N) is 1. The molecule has 0 radical (unpaired) electrons. The van der Waals surface area contributed by atoms with Crippen LogP contribution in [0.3, 0.4) is 0 Å². The lowest BCUT2D eigenvalue weighted by Crippen LogP contribution is -2.56. The molecule has 4 atom stereocenters. The number of hydrogen-bond acceptors (Lipinski definition) is 3. The molecule has 5 fully saturated rings. The Hall–Kier alpha value is -1.19. The molecule has 146 valence electrons. The number of aliphatic hydroxyl groups excluding tert-OH is 1. The standard InChI is InChI=1S/C24H33NO2/c26-21-15-25-9-8-19(21)6-7-22(27)24-13-17-10-18(14-24)12-23(11-17,16-24)20-4-2-1-3-5-20/h1-5,17-19,21,25-26H,6-16H2/t17?,18?,19-,21-,23?,24?/m1/s1. The van der Waals surface area contributed by atoms with E-state index in [1.54, 1.807) is 0 Å². The van der Waals surface area contributed by atoms with Crippen molar-refractivity contribution in [3.63, 3.8) is 0 Å². The van der Waals surface area contributed by atoms with Gasteiger partial charge in [0.1, 0.15) is 5.78 Å². The quantitative estimate of drug-likeness (QED) is 0.831. The number of piperidine rings is 1. The maximum Gasteiger partial charge on any atom is 0.139 e. The summed E-state index contributed by atoms with van der Waals surface area (Å²) in [4.78, 5) is 13.5. The van der Waals surface area contributed by atoms with Crippen molar-refractivity contribution in [3.05, 3.63) is 35.9 Å². The van der Waals surface area contributed by atoms with Crippen LogP contribution in [0, 0.1) is 23.2 Å². The summed E-state index contributed by atoms with van der Waals surface area (Å²) in [5.74, 6) is 2.29. The van der Waals surface area contributed by atoms with Crippen LogP contribution in [0.2, 0.25) is 0 Å². The van der Waals surface area contributed by atoms with Crippen LogP contribution < -0.4 is 5.32 Å². The maximum atomic E-state index is 13.5. The topological polar surface area (TPSA) is 49.3 Å². The minimum Gasteiger partial charge on any atom is -0.392 e. The molecule has 1 aromatic carbocycles. The van der Waals surface area contributed by atoms with E-state index >= 15 is 0 Å². The predicted molar refractivity (Wildman–Crippen MR) is 106 cm³/mol. The van der Waals surface area contributed by atoms with Gasteiger partial charge >= 0.3 is 0 Å². The van der Waals surface area contributed by atoms with Gasteiger partial charge in [-0.1, -0.05) is 30.3 Å². The van der Waals surface area contributed by atoms with E-state index in [1.165, 1.54) is 24.8 Å². The van der Waals surface area contributed by atoms with E-state index < -0.39 is 0 Å². The Bertz CT molecular complexity index is 686. The van der Waals surface area contributed by atoms with E-state index in [0.29, 0.717) is 24.7 Å². The van der Waals surface area contributed by atoms with Gasteiger partial charge < -0.3 is 10.4 Å². The van der Waals surface area contributed by atoms with Crippen LogP contribution in [0.5, 0.6) is 0 Å². The number of aliphatic hydroxyl groups is 1. The molecular formula is C24H33NO2. The van der Waals surface area contributed by atoms with Crippen LogP contribution in [0.4, 0.5) is 0 Å². The van der Waals surface area contributed by atoms with Gasteiger partial charge in [-0.25, -0.2) is 0 Å². The fourth-order valence-corrected chi connectivity index (χ4v) is 7.53. The Morgan fingerprint density at radius 1 is 1.11 bits per heavy atom. The number of hydrogen-bond donors (Lipinski definition) is 2. The monoisotopic (exact) mass is 367 g/mol. The van der Waals surface area contributed by atoms with Crippen molar-refractivity contribution >= 4 is 5.78 Å². The lowest BCUT2D eigenvalue weighted by molar-refractivity contribution is -0.147. The summed E-state index contributed by atoms with van der Waals surface area (Å²) >= 11 is 0. The molecule has 0 amide bonds. The molecule has 3 heteroatoms. The molecule has 2 N–H and O–H groups in total. The van der Waals surface area contributed by atoms with Gasteiger partial charge in [0.2, 0.25) is 0 Å². The van der Waals surface area contributed by atoms with Crippen molar-refractivity contribution in [2.45, 2.75) is 69.3 Å². The van der Waals surface area contributed by atoms with Crippen LogP contribution in [0.25, 0.3) is 0 Å². The number of carbonyl (C=O) groups is 1. The summed E-state index contributed by atoms with van der Waals surface area (Å²) < 4.78 is 0. The maximum absolute atomic E-state index is 13.5. The zero-order valence-electron chi connectivity index (χ0n) is 16.3. The van der Waals surface area contributed by atoms with Gasteiger partial charge in [-0.15, -0.1) is 0 Å². The number of ketones is 1. The molecular weight excluding hydrogens is 334 g/mol. The molecule has 1 aromatic rings. The van der Waals surface area contributed by atoms with E-state index in [1.807, 2.05) is 0 Å².